The highest BCUT2D eigenvalue weighted by Crippen LogP contribution is 2.49. The van der Waals surface area contributed by atoms with Gasteiger partial charge in [-0.25, -0.2) is 14.8 Å². The molecule has 0 aromatic carbocycles. The van der Waals surface area contributed by atoms with Gasteiger partial charge in [0.05, 0.1) is 29.9 Å². The zero-order valence-electron chi connectivity index (χ0n) is 17.9. The summed E-state index contributed by atoms with van der Waals surface area (Å²) in [5.41, 5.74) is 2.25. The number of nitrogens with one attached hydrogen (secondary N) is 1. The van der Waals surface area contributed by atoms with Crippen molar-refractivity contribution in [1.82, 2.24) is 34.5 Å². The number of hydrogen-bond acceptors (Lipinski definition) is 5. The Labute approximate surface area is 186 Å². The fourth-order valence-electron chi connectivity index (χ4n) is 6.09. The topological polar surface area (TPSA) is 107 Å². The molecule has 6 rings (SSSR count). The van der Waals surface area contributed by atoms with Gasteiger partial charge in [-0.1, -0.05) is 0 Å². The number of amides is 2. The maximum atomic E-state index is 12.8. The summed E-state index contributed by atoms with van der Waals surface area (Å²) in [6.45, 7) is 3.35. The van der Waals surface area contributed by atoms with E-state index in [9.17, 15) is 10.1 Å². The van der Waals surface area contributed by atoms with Gasteiger partial charge in [0.1, 0.15) is 12.0 Å². The maximum Gasteiger partial charge on any atom is 0.320 e. The van der Waals surface area contributed by atoms with Crippen LogP contribution in [0, 0.1) is 23.2 Å². The molecule has 32 heavy (non-hydrogen) atoms. The molecule has 5 heterocycles. The summed E-state index contributed by atoms with van der Waals surface area (Å²) in [5, 5.41) is 15.3. The molecule has 0 spiro atoms. The molecule has 1 N–H and O–H groups in total. The second kappa shape index (κ2) is 7.33. The number of carbonyl (C=O) groups excluding carboxylic acids is 1. The lowest BCUT2D eigenvalue weighted by atomic mass is 9.92. The summed E-state index contributed by atoms with van der Waals surface area (Å²) in [4.78, 5) is 28.8. The van der Waals surface area contributed by atoms with Crippen LogP contribution in [0.25, 0.3) is 22.3 Å². The summed E-state index contributed by atoms with van der Waals surface area (Å²) in [6.07, 6.45) is 11.7. The molecule has 1 aliphatic carbocycles. The lowest BCUT2D eigenvalue weighted by Crippen LogP contribution is -2.42. The van der Waals surface area contributed by atoms with Crippen molar-refractivity contribution in [1.29, 1.82) is 5.26 Å². The van der Waals surface area contributed by atoms with Crippen molar-refractivity contribution in [2.75, 3.05) is 26.2 Å². The Balaban J connectivity index is 1.24. The number of nitriles is 1. The zero-order chi connectivity index (χ0) is 21.7. The van der Waals surface area contributed by atoms with Crippen LogP contribution in [-0.2, 0) is 5.54 Å². The average Bonchev–Trinajstić information content (AvgIpc) is 3.60. The van der Waals surface area contributed by atoms with Gasteiger partial charge in [-0.15, -0.1) is 0 Å². The van der Waals surface area contributed by atoms with Crippen LogP contribution in [-0.4, -0.2) is 66.7 Å². The Morgan fingerprint density at radius 1 is 1.19 bits per heavy atom. The molecule has 0 radical (unpaired) electrons. The Hall–Kier alpha value is -3.41. The predicted molar refractivity (Wildman–Crippen MR) is 117 cm³/mol. The van der Waals surface area contributed by atoms with Gasteiger partial charge in [0.2, 0.25) is 0 Å². The van der Waals surface area contributed by atoms with Crippen LogP contribution >= 0.6 is 0 Å². The number of fused-ring (bicyclic) bond motifs is 2. The number of hydrogen-bond donors (Lipinski definition) is 1. The van der Waals surface area contributed by atoms with Crippen LogP contribution in [0.3, 0.4) is 0 Å². The first-order valence-electron chi connectivity index (χ1n) is 11.4. The molecule has 164 valence electrons. The Morgan fingerprint density at radius 3 is 2.72 bits per heavy atom. The van der Waals surface area contributed by atoms with Gasteiger partial charge >= 0.3 is 6.03 Å². The normalized spacial score (nSPS) is 27.2. The van der Waals surface area contributed by atoms with Crippen LogP contribution < -0.4 is 0 Å². The predicted octanol–water partition coefficient (Wildman–Crippen LogP) is 2.99. The molecule has 0 unspecified atom stereocenters. The highest BCUT2D eigenvalue weighted by Gasteiger charge is 2.51. The molecular formula is C23H26N8O. The van der Waals surface area contributed by atoms with Crippen LogP contribution in [0.5, 0.6) is 0 Å². The van der Waals surface area contributed by atoms with E-state index in [-0.39, 0.29) is 11.6 Å². The number of aromatic amines is 1. The quantitative estimate of drug-likeness (QED) is 0.687. The van der Waals surface area contributed by atoms with E-state index >= 15 is 0 Å². The van der Waals surface area contributed by atoms with E-state index < -0.39 is 0 Å². The van der Waals surface area contributed by atoms with E-state index in [0.717, 1.165) is 74.2 Å². The number of likely N-dealkylation sites (tertiary alicyclic amines) is 2. The second-order valence-electron chi connectivity index (χ2n) is 9.51. The van der Waals surface area contributed by atoms with E-state index in [1.165, 1.54) is 0 Å². The summed E-state index contributed by atoms with van der Waals surface area (Å²) < 4.78 is 2.00. The molecule has 2 saturated heterocycles. The van der Waals surface area contributed by atoms with Crippen molar-refractivity contribution in [2.24, 2.45) is 11.8 Å². The van der Waals surface area contributed by atoms with Gasteiger partial charge in [0.15, 0.2) is 0 Å². The number of nitrogens with zero attached hydrogens (tertiary/aromatic N) is 7. The molecule has 3 aromatic heterocycles. The van der Waals surface area contributed by atoms with Crippen molar-refractivity contribution in [3.63, 3.8) is 0 Å². The zero-order valence-corrected chi connectivity index (χ0v) is 17.9. The van der Waals surface area contributed by atoms with Crippen LogP contribution in [0.4, 0.5) is 4.79 Å². The number of rotatable bonds is 3. The van der Waals surface area contributed by atoms with Crippen molar-refractivity contribution < 1.29 is 4.79 Å². The van der Waals surface area contributed by atoms with E-state index in [1.54, 1.807) is 6.33 Å². The van der Waals surface area contributed by atoms with Crippen molar-refractivity contribution in [3.8, 4) is 17.3 Å². The minimum absolute atomic E-state index is 0.198. The second-order valence-corrected chi connectivity index (χ2v) is 9.51. The molecule has 3 aromatic rings. The van der Waals surface area contributed by atoms with Gasteiger partial charge in [0.25, 0.3) is 0 Å². The number of H-pyrrole nitrogens is 1. The molecule has 3 atom stereocenters. The molecular weight excluding hydrogens is 404 g/mol. The third-order valence-corrected chi connectivity index (χ3v) is 7.61. The SMILES string of the molecule is N#CC[C@]1(n2cc(-c3ncnc4[nH]ccc34)cn2)C[C@H]2CN(C(=O)N3CCCC3)C[C@H]2C1. The molecule has 9 nitrogen and oxygen atoms in total. The summed E-state index contributed by atoms with van der Waals surface area (Å²) in [6, 6.07) is 4.58. The van der Waals surface area contributed by atoms with Gasteiger partial charge < -0.3 is 14.8 Å². The van der Waals surface area contributed by atoms with Gasteiger partial charge in [-0.2, -0.15) is 10.4 Å². The minimum Gasteiger partial charge on any atom is -0.346 e. The van der Waals surface area contributed by atoms with Crippen molar-refractivity contribution >= 4 is 17.1 Å². The fraction of sp³-hybridized carbons (Fsp3) is 0.522. The van der Waals surface area contributed by atoms with E-state index in [1.807, 2.05) is 39.1 Å². The number of aromatic nitrogens is 5. The third-order valence-electron chi connectivity index (χ3n) is 7.61. The molecule has 1 saturated carbocycles. The summed E-state index contributed by atoms with van der Waals surface area (Å²) >= 11 is 0. The highest BCUT2D eigenvalue weighted by atomic mass is 16.2. The molecule has 2 aliphatic heterocycles. The Kier molecular flexibility index (Phi) is 4.42. The van der Waals surface area contributed by atoms with Crippen LogP contribution in [0.15, 0.2) is 31.0 Å². The van der Waals surface area contributed by atoms with Crippen LogP contribution in [0.1, 0.15) is 32.1 Å². The minimum atomic E-state index is -0.324. The maximum absolute atomic E-state index is 12.8. The lowest BCUT2D eigenvalue weighted by Gasteiger charge is -2.30. The number of urea groups is 1. The van der Waals surface area contributed by atoms with E-state index in [2.05, 4.69) is 21.0 Å². The number of carbonyl (C=O) groups is 1. The Morgan fingerprint density at radius 2 is 1.97 bits per heavy atom. The lowest BCUT2D eigenvalue weighted by molar-refractivity contribution is 0.162. The molecule has 9 heteroatoms. The van der Waals surface area contributed by atoms with Gasteiger partial charge in [0, 0.05) is 49.5 Å². The van der Waals surface area contributed by atoms with Gasteiger partial charge in [-0.05, 0) is 43.6 Å². The monoisotopic (exact) mass is 430 g/mol. The largest absolute Gasteiger partial charge is 0.346 e. The van der Waals surface area contributed by atoms with Crippen LogP contribution in [0.2, 0.25) is 0 Å². The summed E-state index contributed by atoms with van der Waals surface area (Å²) in [7, 11) is 0. The average molecular weight is 431 g/mol. The fourth-order valence-corrected chi connectivity index (χ4v) is 6.09. The standard InChI is InChI=1S/C23H26N8O/c24-5-4-23(9-16-12-30(13-17(16)10-23)22(32)29-7-1-2-8-29)31-14-18(11-28-31)20-19-3-6-25-21(19)27-15-26-20/h3,6,11,14-17H,1-2,4,7-10,12-13H2,(H,25,26,27)/t16-,17+,23-. The first-order valence-corrected chi connectivity index (χ1v) is 11.4. The highest BCUT2D eigenvalue weighted by molar-refractivity contribution is 5.90. The van der Waals surface area contributed by atoms with E-state index in [4.69, 9.17) is 5.10 Å². The van der Waals surface area contributed by atoms with Crippen molar-refractivity contribution in [2.45, 2.75) is 37.6 Å². The van der Waals surface area contributed by atoms with Gasteiger partial charge in [-0.3, -0.25) is 4.68 Å². The third kappa shape index (κ3) is 2.97. The first kappa shape index (κ1) is 19.3. The molecule has 3 aliphatic rings. The molecule has 3 fully saturated rings. The molecule has 0 bridgehead atoms. The Bertz CT molecular complexity index is 1190. The van der Waals surface area contributed by atoms with E-state index in [0.29, 0.717) is 18.3 Å². The molecule has 2 amide bonds. The first-order chi connectivity index (χ1) is 15.7. The smallest absolute Gasteiger partial charge is 0.320 e. The van der Waals surface area contributed by atoms with Crippen molar-refractivity contribution in [3.05, 3.63) is 31.0 Å². The summed E-state index contributed by atoms with van der Waals surface area (Å²) in [5.74, 6) is 0.830.